The van der Waals surface area contributed by atoms with Crippen LogP contribution >= 0.6 is 0 Å². The van der Waals surface area contributed by atoms with E-state index in [0.29, 0.717) is 17.9 Å². The lowest BCUT2D eigenvalue weighted by atomic mass is 10.0. The lowest BCUT2D eigenvalue weighted by molar-refractivity contribution is -0.120. The van der Waals surface area contributed by atoms with Crippen LogP contribution in [0.15, 0.2) is 65.6 Å². The highest BCUT2D eigenvalue weighted by Gasteiger charge is 2.29. The molecule has 1 N–H and O–H groups in total. The molecule has 3 aromatic carbocycles. The molecule has 1 amide bonds. The van der Waals surface area contributed by atoms with Crippen LogP contribution in [-0.4, -0.2) is 35.1 Å². The number of nitrogens with zero attached hydrogens (tertiary/aromatic N) is 1. The fourth-order valence-electron chi connectivity index (χ4n) is 4.10. The van der Waals surface area contributed by atoms with Crippen molar-refractivity contribution in [3.63, 3.8) is 0 Å². The molecule has 1 unspecified atom stereocenters. The smallest absolute Gasteiger partial charge is 0.264 e. The monoisotopic (exact) mass is 510 g/mol. The maximum absolute atomic E-state index is 13.9. The van der Waals surface area contributed by atoms with Gasteiger partial charge in [-0.25, -0.2) is 8.42 Å². The Balaban J connectivity index is 1.99. The highest BCUT2D eigenvalue weighted by molar-refractivity contribution is 7.92. The molecule has 36 heavy (non-hydrogen) atoms. The molecule has 3 aromatic rings. The van der Waals surface area contributed by atoms with E-state index in [1.807, 2.05) is 58.0 Å². The molecule has 0 saturated heterocycles. The van der Waals surface area contributed by atoms with Crippen molar-refractivity contribution in [1.29, 1.82) is 0 Å². The molecule has 7 nitrogen and oxygen atoms in total. The topological polar surface area (TPSA) is 84.9 Å². The Morgan fingerprint density at radius 3 is 2.03 bits per heavy atom. The minimum Gasteiger partial charge on any atom is -0.493 e. The second kappa shape index (κ2) is 11.5. The van der Waals surface area contributed by atoms with Gasteiger partial charge >= 0.3 is 0 Å². The van der Waals surface area contributed by atoms with E-state index in [1.54, 1.807) is 12.1 Å². The van der Waals surface area contributed by atoms with E-state index in [-0.39, 0.29) is 23.2 Å². The molecule has 0 aliphatic rings. The number of hydrogen-bond acceptors (Lipinski definition) is 5. The molecule has 0 bridgehead atoms. The van der Waals surface area contributed by atoms with E-state index in [1.165, 1.54) is 32.4 Å². The van der Waals surface area contributed by atoms with Gasteiger partial charge in [0, 0.05) is 6.07 Å². The number of carbonyl (C=O) groups excluding carboxylic acids is 1. The first kappa shape index (κ1) is 27.1. The molecule has 0 aromatic heterocycles. The molecule has 3 rings (SSSR count). The predicted octanol–water partition coefficient (Wildman–Crippen LogP) is 5.09. The second-order valence-electron chi connectivity index (χ2n) is 8.81. The Kier molecular flexibility index (Phi) is 8.63. The molecule has 0 aliphatic carbocycles. The Morgan fingerprint density at radius 2 is 1.47 bits per heavy atom. The fourth-order valence-corrected chi connectivity index (χ4v) is 5.52. The fraction of sp³-hybridized carbons (Fsp3) is 0.321. The SMILES string of the molecule is CCC(NC(=O)CN(c1cc(C)cc(C)c1)S(=O)(=O)c1ccc(OC)c(OC)c1)c1ccc(C)cc1. The zero-order chi connectivity index (χ0) is 26.5. The Labute approximate surface area is 214 Å². The molecule has 0 saturated carbocycles. The van der Waals surface area contributed by atoms with Crippen molar-refractivity contribution in [1.82, 2.24) is 5.32 Å². The summed E-state index contributed by atoms with van der Waals surface area (Å²) >= 11 is 0. The molecule has 8 heteroatoms. The van der Waals surface area contributed by atoms with Crippen LogP contribution in [-0.2, 0) is 14.8 Å². The van der Waals surface area contributed by atoms with Gasteiger partial charge in [0.15, 0.2) is 11.5 Å². The van der Waals surface area contributed by atoms with E-state index in [2.05, 4.69) is 5.32 Å². The number of ether oxygens (including phenoxy) is 2. The first-order chi connectivity index (χ1) is 17.1. The van der Waals surface area contributed by atoms with E-state index < -0.39 is 15.9 Å². The lowest BCUT2D eigenvalue weighted by Gasteiger charge is -2.26. The van der Waals surface area contributed by atoms with Crippen LogP contribution in [0.25, 0.3) is 0 Å². The predicted molar refractivity (Wildman–Crippen MR) is 142 cm³/mol. The zero-order valence-electron chi connectivity index (χ0n) is 21.7. The summed E-state index contributed by atoms with van der Waals surface area (Å²) in [5.74, 6) is 0.301. The molecule has 0 fully saturated rings. The van der Waals surface area contributed by atoms with Crippen molar-refractivity contribution < 1.29 is 22.7 Å². The number of aryl methyl sites for hydroxylation is 3. The quantitative estimate of drug-likeness (QED) is 0.411. The molecular weight excluding hydrogens is 476 g/mol. The van der Waals surface area contributed by atoms with Gasteiger partial charge in [0.1, 0.15) is 6.54 Å². The lowest BCUT2D eigenvalue weighted by Crippen LogP contribution is -2.42. The summed E-state index contributed by atoms with van der Waals surface area (Å²) < 4.78 is 39.5. The number of amides is 1. The third kappa shape index (κ3) is 6.18. The number of anilines is 1. The van der Waals surface area contributed by atoms with Crippen LogP contribution in [0.4, 0.5) is 5.69 Å². The van der Waals surface area contributed by atoms with Gasteiger partial charge in [0.25, 0.3) is 10.0 Å². The number of nitrogens with one attached hydrogen (secondary N) is 1. The normalized spacial score (nSPS) is 12.1. The van der Waals surface area contributed by atoms with E-state index in [0.717, 1.165) is 26.6 Å². The van der Waals surface area contributed by atoms with Crippen LogP contribution in [0.2, 0.25) is 0 Å². The highest BCUT2D eigenvalue weighted by atomic mass is 32.2. The summed E-state index contributed by atoms with van der Waals surface area (Å²) in [5, 5.41) is 3.01. The van der Waals surface area contributed by atoms with Crippen molar-refractivity contribution >= 4 is 21.6 Å². The van der Waals surface area contributed by atoms with Crippen molar-refractivity contribution in [2.24, 2.45) is 0 Å². The zero-order valence-corrected chi connectivity index (χ0v) is 22.5. The molecule has 0 radical (unpaired) electrons. The van der Waals surface area contributed by atoms with Crippen molar-refractivity contribution in [3.8, 4) is 11.5 Å². The van der Waals surface area contributed by atoms with Crippen LogP contribution in [0.5, 0.6) is 11.5 Å². The minimum absolute atomic E-state index is 0.00214. The number of methoxy groups -OCH3 is 2. The van der Waals surface area contributed by atoms with Gasteiger partial charge in [-0.1, -0.05) is 42.8 Å². The van der Waals surface area contributed by atoms with Crippen LogP contribution < -0.4 is 19.1 Å². The first-order valence-corrected chi connectivity index (χ1v) is 13.2. The summed E-state index contributed by atoms with van der Waals surface area (Å²) in [4.78, 5) is 13.2. The van der Waals surface area contributed by atoms with Crippen molar-refractivity contribution in [2.75, 3.05) is 25.1 Å². The largest absolute Gasteiger partial charge is 0.493 e. The average molecular weight is 511 g/mol. The first-order valence-electron chi connectivity index (χ1n) is 11.8. The average Bonchev–Trinajstić information content (AvgIpc) is 2.85. The summed E-state index contributed by atoms with van der Waals surface area (Å²) in [6, 6.07) is 17.6. The molecular formula is C28H34N2O5S. The van der Waals surface area contributed by atoms with Gasteiger partial charge in [-0.05, 0) is 68.1 Å². The van der Waals surface area contributed by atoms with Crippen LogP contribution in [0, 0.1) is 20.8 Å². The van der Waals surface area contributed by atoms with Crippen LogP contribution in [0.1, 0.15) is 41.6 Å². The Bertz CT molecular complexity index is 1300. The van der Waals surface area contributed by atoms with Gasteiger partial charge in [0.2, 0.25) is 5.91 Å². The second-order valence-corrected chi connectivity index (χ2v) is 10.7. The summed E-state index contributed by atoms with van der Waals surface area (Å²) in [6.45, 7) is 7.39. The minimum atomic E-state index is -4.12. The van der Waals surface area contributed by atoms with E-state index in [9.17, 15) is 13.2 Å². The summed E-state index contributed by atoms with van der Waals surface area (Å²) in [7, 11) is -1.19. The van der Waals surface area contributed by atoms with Crippen molar-refractivity contribution in [3.05, 3.63) is 82.9 Å². The number of sulfonamides is 1. The summed E-state index contributed by atoms with van der Waals surface area (Å²) in [5.41, 5.74) is 4.30. The molecule has 0 heterocycles. The van der Waals surface area contributed by atoms with E-state index >= 15 is 0 Å². The van der Waals surface area contributed by atoms with Gasteiger partial charge in [0.05, 0.1) is 30.8 Å². The highest BCUT2D eigenvalue weighted by Crippen LogP contribution is 2.32. The Morgan fingerprint density at radius 1 is 0.861 bits per heavy atom. The Hall–Kier alpha value is -3.52. The number of rotatable bonds is 10. The maximum atomic E-state index is 13.9. The number of benzene rings is 3. The van der Waals surface area contributed by atoms with Gasteiger partial charge in [-0.2, -0.15) is 0 Å². The van der Waals surface area contributed by atoms with Gasteiger partial charge in [-0.15, -0.1) is 0 Å². The van der Waals surface area contributed by atoms with Gasteiger partial charge in [-0.3, -0.25) is 9.10 Å². The third-order valence-corrected chi connectivity index (χ3v) is 7.72. The van der Waals surface area contributed by atoms with Crippen LogP contribution in [0.3, 0.4) is 0 Å². The standard InChI is InChI=1S/C28H34N2O5S/c1-7-25(22-10-8-19(2)9-11-22)29-28(31)18-30(23-15-20(3)14-21(4)16-23)36(32,33)24-12-13-26(34-5)27(17-24)35-6/h8-17,25H,7,18H2,1-6H3,(H,29,31). The summed E-state index contributed by atoms with van der Waals surface area (Å²) in [6.07, 6.45) is 0.667. The third-order valence-electron chi connectivity index (χ3n) is 5.95. The molecule has 192 valence electrons. The number of hydrogen-bond donors (Lipinski definition) is 1. The molecule has 1 atom stereocenters. The van der Waals surface area contributed by atoms with E-state index in [4.69, 9.17) is 9.47 Å². The van der Waals surface area contributed by atoms with Gasteiger partial charge < -0.3 is 14.8 Å². The number of carbonyl (C=O) groups is 1. The van der Waals surface area contributed by atoms with Crippen molar-refractivity contribution in [2.45, 2.75) is 45.1 Å². The molecule has 0 spiro atoms. The maximum Gasteiger partial charge on any atom is 0.264 e. The molecule has 0 aliphatic heterocycles.